The van der Waals surface area contributed by atoms with Gasteiger partial charge in [-0.2, -0.15) is 0 Å². The molecule has 7 heteroatoms. The average Bonchev–Trinajstić information content (AvgIpc) is 2.54. The Morgan fingerprint density at radius 1 is 1.00 bits per heavy atom. The van der Waals surface area contributed by atoms with Crippen molar-refractivity contribution in [2.24, 2.45) is 0 Å². The largest absolute Gasteiger partial charge is 0.270 e. The number of nitro groups is 1. The number of benzene rings is 2. The molecule has 7 nitrogen and oxygen atoms in total. The fourth-order valence-corrected chi connectivity index (χ4v) is 1.99. The van der Waals surface area contributed by atoms with Gasteiger partial charge in [0.25, 0.3) is 17.5 Å². The predicted octanol–water partition coefficient (Wildman–Crippen LogP) is 2.29. The minimum absolute atomic E-state index is 0.0838. The summed E-state index contributed by atoms with van der Waals surface area (Å²) in [5, 5.41) is 10.7. The molecule has 0 atom stereocenters. The van der Waals surface area contributed by atoms with Crippen LogP contribution in [0.3, 0.4) is 0 Å². The van der Waals surface area contributed by atoms with E-state index in [-0.39, 0.29) is 11.3 Å². The number of nitrogens with zero attached hydrogens (tertiary/aromatic N) is 1. The average molecular weight is 313 g/mol. The van der Waals surface area contributed by atoms with E-state index in [0.29, 0.717) is 5.56 Å². The molecule has 0 bridgehead atoms. The van der Waals surface area contributed by atoms with Crippen molar-refractivity contribution in [2.75, 3.05) is 0 Å². The van der Waals surface area contributed by atoms with Crippen LogP contribution in [-0.2, 0) is 0 Å². The molecule has 2 rings (SSSR count). The smallest absolute Gasteiger partial charge is 0.267 e. The minimum atomic E-state index is -0.632. The maximum absolute atomic E-state index is 12.1. The summed E-state index contributed by atoms with van der Waals surface area (Å²) in [6, 6.07) is 10.7. The maximum atomic E-state index is 12.1. The Bertz CT molecular complexity index is 787. The summed E-state index contributed by atoms with van der Waals surface area (Å²) in [5.41, 5.74) is 6.59. The van der Waals surface area contributed by atoms with Crippen LogP contribution in [0.1, 0.15) is 31.8 Å². The zero-order valence-corrected chi connectivity index (χ0v) is 12.6. The van der Waals surface area contributed by atoms with Crippen LogP contribution < -0.4 is 10.9 Å². The van der Waals surface area contributed by atoms with Gasteiger partial charge in [0.05, 0.1) is 4.92 Å². The zero-order chi connectivity index (χ0) is 17.0. The van der Waals surface area contributed by atoms with Crippen LogP contribution in [0.5, 0.6) is 0 Å². The number of carbonyl (C=O) groups is 2. The first-order valence-electron chi connectivity index (χ1n) is 6.81. The lowest BCUT2D eigenvalue weighted by molar-refractivity contribution is -0.384. The van der Waals surface area contributed by atoms with Crippen LogP contribution in [0.15, 0.2) is 42.5 Å². The number of non-ortho nitro benzene ring substituents is 1. The number of carbonyl (C=O) groups excluding carboxylic acids is 2. The molecule has 0 aliphatic rings. The Labute approximate surface area is 132 Å². The van der Waals surface area contributed by atoms with E-state index in [1.165, 1.54) is 18.2 Å². The lowest BCUT2D eigenvalue weighted by Crippen LogP contribution is -2.41. The highest BCUT2D eigenvalue weighted by Gasteiger charge is 2.13. The fraction of sp³-hybridized carbons (Fsp3) is 0.125. The van der Waals surface area contributed by atoms with Crippen molar-refractivity contribution in [1.82, 2.24) is 10.9 Å². The normalized spacial score (nSPS) is 10.0. The summed E-state index contributed by atoms with van der Waals surface area (Å²) in [6.07, 6.45) is 0. The number of hydrogen-bond donors (Lipinski definition) is 2. The molecule has 2 aromatic rings. The van der Waals surface area contributed by atoms with Crippen molar-refractivity contribution in [3.63, 3.8) is 0 Å². The van der Waals surface area contributed by atoms with Crippen LogP contribution in [0.4, 0.5) is 5.69 Å². The van der Waals surface area contributed by atoms with E-state index in [9.17, 15) is 19.7 Å². The molecule has 0 fully saturated rings. The molecule has 0 radical (unpaired) electrons. The van der Waals surface area contributed by atoms with E-state index in [0.717, 1.165) is 17.2 Å². The van der Waals surface area contributed by atoms with Gasteiger partial charge in [-0.3, -0.25) is 30.6 Å². The molecule has 0 aliphatic heterocycles. The summed E-state index contributed by atoms with van der Waals surface area (Å²) < 4.78 is 0. The van der Waals surface area contributed by atoms with E-state index in [4.69, 9.17) is 0 Å². The number of aryl methyl sites for hydroxylation is 2. The molecular formula is C16H15N3O4. The van der Waals surface area contributed by atoms with Crippen LogP contribution in [0.2, 0.25) is 0 Å². The molecule has 118 valence electrons. The lowest BCUT2D eigenvalue weighted by atomic mass is 10.1. The molecule has 0 aromatic heterocycles. The van der Waals surface area contributed by atoms with Crippen molar-refractivity contribution < 1.29 is 14.5 Å². The van der Waals surface area contributed by atoms with Crippen LogP contribution in [-0.4, -0.2) is 16.7 Å². The first-order chi connectivity index (χ1) is 10.9. The van der Waals surface area contributed by atoms with E-state index < -0.39 is 16.7 Å². The second-order valence-electron chi connectivity index (χ2n) is 5.03. The van der Waals surface area contributed by atoms with Crippen LogP contribution >= 0.6 is 0 Å². The van der Waals surface area contributed by atoms with Crippen molar-refractivity contribution >= 4 is 17.5 Å². The summed E-state index contributed by atoms with van der Waals surface area (Å²) >= 11 is 0. The molecular weight excluding hydrogens is 298 g/mol. The van der Waals surface area contributed by atoms with Gasteiger partial charge >= 0.3 is 0 Å². The number of nitrogens with one attached hydrogen (secondary N) is 2. The van der Waals surface area contributed by atoms with Crippen LogP contribution in [0, 0.1) is 24.0 Å². The second-order valence-corrected chi connectivity index (χ2v) is 5.03. The van der Waals surface area contributed by atoms with Gasteiger partial charge in [-0.1, -0.05) is 23.8 Å². The minimum Gasteiger partial charge on any atom is -0.267 e. The molecule has 0 saturated carbocycles. The van der Waals surface area contributed by atoms with Crippen molar-refractivity contribution in [3.8, 4) is 0 Å². The zero-order valence-electron chi connectivity index (χ0n) is 12.6. The molecule has 23 heavy (non-hydrogen) atoms. The number of rotatable bonds is 3. The Balaban J connectivity index is 2.07. The summed E-state index contributed by atoms with van der Waals surface area (Å²) in [6.45, 7) is 3.65. The highest BCUT2D eigenvalue weighted by Crippen LogP contribution is 2.13. The lowest BCUT2D eigenvalue weighted by Gasteiger charge is -2.10. The van der Waals surface area contributed by atoms with Gasteiger partial charge in [0.1, 0.15) is 0 Å². The molecule has 0 saturated heterocycles. The van der Waals surface area contributed by atoms with Crippen molar-refractivity contribution in [1.29, 1.82) is 0 Å². The Morgan fingerprint density at radius 2 is 1.70 bits per heavy atom. The standard InChI is InChI=1S/C16H15N3O4/c1-10-6-7-11(2)14(8-10)16(21)18-17-15(20)12-4-3-5-13(9-12)19(22)23/h3-9H,1-2H3,(H,17,20)(H,18,21). The topological polar surface area (TPSA) is 101 Å². The summed E-state index contributed by atoms with van der Waals surface area (Å²) in [4.78, 5) is 34.2. The third kappa shape index (κ3) is 3.91. The second kappa shape index (κ2) is 6.69. The number of amides is 2. The third-order valence-electron chi connectivity index (χ3n) is 3.25. The van der Waals surface area contributed by atoms with Crippen molar-refractivity contribution in [3.05, 3.63) is 74.8 Å². The molecule has 0 aliphatic carbocycles. The van der Waals surface area contributed by atoms with Gasteiger partial charge < -0.3 is 0 Å². The Hall–Kier alpha value is -3.22. The highest BCUT2D eigenvalue weighted by molar-refractivity contribution is 6.00. The Kier molecular flexibility index (Phi) is 4.70. The maximum Gasteiger partial charge on any atom is 0.270 e. The number of nitro benzene ring substituents is 1. The van der Waals surface area contributed by atoms with Gasteiger partial charge in [-0.15, -0.1) is 0 Å². The Morgan fingerprint density at radius 3 is 2.39 bits per heavy atom. The fourth-order valence-electron chi connectivity index (χ4n) is 1.99. The van der Waals surface area contributed by atoms with Gasteiger partial charge in [-0.05, 0) is 31.5 Å². The predicted molar refractivity (Wildman–Crippen MR) is 83.9 cm³/mol. The van der Waals surface area contributed by atoms with E-state index in [1.54, 1.807) is 13.0 Å². The van der Waals surface area contributed by atoms with Gasteiger partial charge in [0, 0.05) is 23.3 Å². The molecule has 0 unspecified atom stereocenters. The summed E-state index contributed by atoms with van der Waals surface area (Å²) in [5.74, 6) is -1.09. The number of hydrazine groups is 1. The van der Waals surface area contributed by atoms with Gasteiger partial charge in [-0.25, -0.2) is 0 Å². The molecule has 2 N–H and O–H groups in total. The molecule has 0 spiro atoms. The first-order valence-corrected chi connectivity index (χ1v) is 6.81. The quantitative estimate of drug-likeness (QED) is 0.670. The van der Waals surface area contributed by atoms with E-state index >= 15 is 0 Å². The number of hydrogen-bond acceptors (Lipinski definition) is 4. The molecule has 0 heterocycles. The van der Waals surface area contributed by atoms with E-state index in [2.05, 4.69) is 10.9 Å². The van der Waals surface area contributed by atoms with Gasteiger partial charge in [0.15, 0.2) is 0 Å². The van der Waals surface area contributed by atoms with Crippen molar-refractivity contribution in [2.45, 2.75) is 13.8 Å². The SMILES string of the molecule is Cc1ccc(C)c(C(=O)NNC(=O)c2cccc([N+](=O)[O-])c2)c1. The van der Waals surface area contributed by atoms with Crippen LogP contribution in [0.25, 0.3) is 0 Å². The molecule has 2 aromatic carbocycles. The monoisotopic (exact) mass is 313 g/mol. The van der Waals surface area contributed by atoms with E-state index in [1.807, 2.05) is 19.1 Å². The first kappa shape index (κ1) is 16.2. The molecule has 2 amide bonds. The van der Waals surface area contributed by atoms with Gasteiger partial charge in [0.2, 0.25) is 0 Å². The highest BCUT2D eigenvalue weighted by atomic mass is 16.6. The summed E-state index contributed by atoms with van der Waals surface area (Å²) in [7, 11) is 0. The third-order valence-corrected chi connectivity index (χ3v) is 3.25.